The van der Waals surface area contributed by atoms with E-state index in [1.54, 1.807) is 0 Å². The van der Waals surface area contributed by atoms with E-state index in [0.717, 1.165) is 18.1 Å². The summed E-state index contributed by atoms with van der Waals surface area (Å²) in [4.78, 5) is 1.82. The fraction of sp³-hybridized carbons (Fsp3) is 0.625. The highest BCUT2D eigenvalue weighted by Crippen LogP contribution is 2.20. The molecule has 2 bridgehead atoms. The Bertz CT molecular complexity index is 371. The van der Waals surface area contributed by atoms with Gasteiger partial charge in [-0.25, -0.2) is 0 Å². The Kier molecular flexibility index (Phi) is 7.32. The van der Waals surface area contributed by atoms with Gasteiger partial charge in [-0.3, -0.25) is 0 Å². The van der Waals surface area contributed by atoms with E-state index in [-0.39, 0.29) is 24.8 Å². The molecule has 0 aliphatic carbocycles. The first-order valence-electron chi connectivity index (χ1n) is 7.53. The summed E-state index contributed by atoms with van der Waals surface area (Å²) in [5, 5.41) is 2.62. The van der Waals surface area contributed by atoms with Gasteiger partial charge in [0.15, 0.2) is 0 Å². The van der Waals surface area contributed by atoms with E-state index in [4.69, 9.17) is 0 Å². The first kappa shape index (κ1) is 17.8. The molecule has 4 heteroatoms. The zero-order chi connectivity index (χ0) is 12.4. The smallest absolute Gasteiger partial charge is 0.0973 e. The number of nitrogens with one attached hydrogen (secondary N) is 1. The van der Waals surface area contributed by atoms with Crippen LogP contribution in [0.3, 0.4) is 0 Å². The summed E-state index contributed by atoms with van der Waals surface area (Å²) in [6, 6.07) is 13.7. The minimum Gasteiger partial charge on any atom is -1.00 e. The summed E-state index contributed by atoms with van der Waals surface area (Å²) >= 11 is 0. The Morgan fingerprint density at radius 2 is 1.65 bits per heavy atom. The van der Waals surface area contributed by atoms with Gasteiger partial charge in [0, 0.05) is 19.3 Å². The van der Waals surface area contributed by atoms with Gasteiger partial charge in [0.1, 0.15) is 0 Å². The predicted octanol–water partition coefficient (Wildman–Crippen LogP) is -5.99. The summed E-state index contributed by atoms with van der Waals surface area (Å²) in [5.41, 5.74) is 1.48. The van der Waals surface area contributed by atoms with Crippen molar-refractivity contribution in [3.63, 3.8) is 0 Å². The second-order valence-corrected chi connectivity index (χ2v) is 6.21. The van der Waals surface area contributed by atoms with E-state index < -0.39 is 0 Å². The molecule has 20 heavy (non-hydrogen) atoms. The quantitative estimate of drug-likeness (QED) is 0.552. The number of nitrogens with two attached hydrogens (primary N) is 1. The Balaban J connectivity index is 0.000001000. The number of hydrogen-bond donors (Lipinski definition) is 2. The first-order chi connectivity index (χ1) is 8.83. The third-order valence-electron chi connectivity index (χ3n) is 5.10. The van der Waals surface area contributed by atoms with E-state index in [0.29, 0.717) is 0 Å². The largest absolute Gasteiger partial charge is 1.00 e. The zero-order valence-corrected chi connectivity index (χ0v) is 13.7. The zero-order valence-electron chi connectivity index (χ0n) is 12.2. The number of rotatable bonds is 4. The summed E-state index contributed by atoms with van der Waals surface area (Å²) in [6.07, 6.45) is 7.04. The van der Waals surface area contributed by atoms with Crippen LogP contribution in [0.2, 0.25) is 0 Å². The van der Waals surface area contributed by atoms with Crippen molar-refractivity contribution < 1.29 is 35.0 Å². The van der Waals surface area contributed by atoms with E-state index in [1.165, 1.54) is 44.2 Å². The molecular formula is C16H26Cl2N2. The van der Waals surface area contributed by atoms with Gasteiger partial charge in [0.2, 0.25) is 0 Å². The van der Waals surface area contributed by atoms with Crippen LogP contribution >= 0.6 is 0 Å². The van der Waals surface area contributed by atoms with Gasteiger partial charge < -0.3 is 35.0 Å². The highest BCUT2D eigenvalue weighted by atomic mass is 35.5. The molecule has 2 fully saturated rings. The Morgan fingerprint density at radius 3 is 2.25 bits per heavy atom. The number of hydrogen-bond acceptors (Lipinski definition) is 0. The van der Waals surface area contributed by atoms with Crippen molar-refractivity contribution >= 4 is 0 Å². The van der Waals surface area contributed by atoms with Gasteiger partial charge in [0.05, 0.1) is 44.6 Å². The van der Waals surface area contributed by atoms with Crippen molar-refractivity contribution in [2.75, 3.05) is 13.6 Å². The summed E-state index contributed by atoms with van der Waals surface area (Å²) in [6.45, 7) is 1.26. The van der Waals surface area contributed by atoms with Crippen LogP contribution < -0.4 is 35.0 Å². The summed E-state index contributed by atoms with van der Waals surface area (Å²) in [5.74, 6) is 0. The third-order valence-corrected chi connectivity index (χ3v) is 5.10. The van der Waals surface area contributed by atoms with Crippen molar-refractivity contribution in [1.29, 1.82) is 0 Å². The molecule has 0 saturated carbocycles. The number of quaternary nitrogens is 2. The van der Waals surface area contributed by atoms with Crippen LogP contribution in [-0.4, -0.2) is 31.7 Å². The van der Waals surface area contributed by atoms with Crippen molar-refractivity contribution in [2.24, 2.45) is 0 Å². The van der Waals surface area contributed by atoms with Crippen LogP contribution in [0.1, 0.15) is 31.2 Å². The Hall–Kier alpha value is -0.280. The maximum absolute atomic E-state index is 2.62. The summed E-state index contributed by atoms with van der Waals surface area (Å²) in [7, 11) is 2.41. The average molecular weight is 317 g/mol. The standard InChI is InChI=1S/C16H24N2.2ClH/c1-18-15-7-8-16(18)12-14(11-15)17-10-9-13-5-3-2-4-6-13;;/h2-6,14-17H,7-12H2,1H3;2*1H. The highest BCUT2D eigenvalue weighted by molar-refractivity contribution is 5.14. The van der Waals surface area contributed by atoms with Gasteiger partial charge in [-0.1, -0.05) is 30.3 Å². The lowest BCUT2D eigenvalue weighted by molar-refractivity contribution is -0.930. The van der Waals surface area contributed by atoms with Crippen LogP contribution in [0.5, 0.6) is 0 Å². The maximum atomic E-state index is 2.62. The lowest BCUT2D eigenvalue weighted by Crippen LogP contribution is -3.17. The molecule has 2 atom stereocenters. The Labute approximate surface area is 135 Å². The van der Waals surface area contributed by atoms with Crippen LogP contribution in [0.25, 0.3) is 0 Å². The molecule has 2 nitrogen and oxygen atoms in total. The van der Waals surface area contributed by atoms with Gasteiger partial charge in [-0.15, -0.1) is 0 Å². The highest BCUT2D eigenvalue weighted by Gasteiger charge is 2.43. The number of halogens is 2. The minimum atomic E-state index is 0. The van der Waals surface area contributed by atoms with Gasteiger partial charge in [-0.2, -0.15) is 0 Å². The molecular weight excluding hydrogens is 291 g/mol. The van der Waals surface area contributed by atoms with E-state index in [2.05, 4.69) is 42.7 Å². The number of fused-ring (bicyclic) bond motifs is 2. The monoisotopic (exact) mass is 316 g/mol. The van der Waals surface area contributed by atoms with Gasteiger partial charge in [0.25, 0.3) is 0 Å². The van der Waals surface area contributed by atoms with Crippen molar-refractivity contribution in [3.8, 4) is 0 Å². The third kappa shape index (κ3) is 4.11. The van der Waals surface area contributed by atoms with Crippen molar-refractivity contribution in [1.82, 2.24) is 0 Å². The Morgan fingerprint density at radius 1 is 1.05 bits per heavy atom. The van der Waals surface area contributed by atoms with Crippen LogP contribution in [0, 0.1) is 0 Å². The average Bonchev–Trinajstić information content (AvgIpc) is 2.64. The SMILES string of the molecule is C[NH+]1C2CCC1CC([NH2+]CCc1ccccc1)C2.[Cl-].[Cl-]. The van der Waals surface area contributed by atoms with E-state index in [1.807, 2.05) is 4.90 Å². The minimum absolute atomic E-state index is 0. The molecule has 1 aromatic rings. The lowest BCUT2D eigenvalue weighted by atomic mass is 9.98. The maximum Gasteiger partial charge on any atom is 0.0973 e. The topological polar surface area (TPSA) is 21.1 Å². The second-order valence-electron chi connectivity index (χ2n) is 6.21. The fourth-order valence-electron chi connectivity index (χ4n) is 3.95. The van der Waals surface area contributed by atoms with E-state index >= 15 is 0 Å². The predicted molar refractivity (Wildman–Crippen MR) is 73.7 cm³/mol. The molecule has 0 amide bonds. The van der Waals surface area contributed by atoms with Crippen molar-refractivity contribution in [2.45, 2.75) is 50.2 Å². The lowest BCUT2D eigenvalue weighted by Gasteiger charge is -2.32. The number of piperidine rings is 1. The molecule has 2 saturated heterocycles. The van der Waals surface area contributed by atoms with Gasteiger partial charge >= 0.3 is 0 Å². The molecule has 0 spiro atoms. The normalized spacial score (nSPS) is 31.2. The van der Waals surface area contributed by atoms with Crippen LogP contribution in [-0.2, 0) is 6.42 Å². The molecule has 2 aliphatic rings. The summed E-state index contributed by atoms with van der Waals surface area (Å²) < 4.78 is 0. The molecule has 0 aromatic heterocycles. The first-order valence-corrected chi connectivity index (χ1v) is 7.53. The molecule has 1 aromatic carbocycles. The molecule has 2 heterocycles. The molecule has 0 radical (unpaired) electrons. The van der Waals surface area contributed by atoms with Crippen LogP contribution in [0.15, 0.2) is 30.3 Å². The van der Waals surface area contributed by atoms with Gasteiger partial charge in [-0.05, 0) is 5.56 Å². The second kappa shape index (κ2) is 8.23. The van der Waals surface area contributed by atoms with E-state index in [9.17, 15) is 0 Å². The molecule has 2 unspecified atom stereocenters. The number of benzene rings is 1. The van der Waals surface area contributed by atoms with Crippen molar-refractivity contribution in [3.05, 3.63) is 35.9 Å². The molecule has 114 valence electrons. The molecule has 2 aliphatic heterocycles. The fourth-order valence-corrected chi connectivity index (χ4v) is 3.95. The molecule has 3 N–H and O–H groups in total. The molecule has 3 rings (SSSR count). The van der Waals surface area contributed by atoms with Crippen LogP contribution in [0.4, 0.5) is 0 Å².